The predicted molar refractivity (Wildman–Crippen MR) is 96.8 cm³/mol. The standard InChI is InChI=1S/C19H28N4O/c1-6-22(5)13-16-9-7-8-15(10-16)11-20-18(24)17-12-21-23(14-17)19(2,3)4/h7-10,12,14H,6,11,13H2,1-5H3,(H,20,24). The summed E-state index contributed by atoms with van der Waals surface area (Å²) in [5.74, 6) is -0.0958. The Morgan fingerprint density at radius 3 is 2.62 bits per heavy atom. The summed E-state index contributed by atoms with van der Waals surface area (Å²) in [7, 11) is 2.10. The molecule has 2 rings (SSSR count). The highest BCUT2D eigenvalue weighted by atomic mass is 16.1. The summed E-state index contributed by atoms with van der Waals surface area (Å²) in [6.07, 6.45) is 3.41. The molecule has 0 saturated carbocycles. The molecule has 1 aromatic carbocycles. The lowest BCUT2D eigenvalue weighted by Crippen LogP contribution is -2.24. The van der Waals surface area contributed by atoms with E-state index in [1.54, 1.807) is 12.4 Å². The molecule has 1 aromatic heterocycles. The van der Waals surface area contributed by atoms with Crippen LogP contribution >= 0.6 is 0 Å². The third-order valence-electron chi connectivity index (χ3n) is 3.97. The van der Waals surface area contributed by atoms with Gasteiger partial charge < -0.3 is 10.2 Å². The molecule has 0 radical (unpaired) electrons. The number of benzene rings is 1. The molecule has 1 amide bonds. The van der Waals surface area contributed by atoms with Crippen molar-refractivity contribution < 1.29 is 4.79 Å². The van der Waals surface area contributed by atoms with Crippen molar-refractivity contribution in [3.8, 4) is 0 Å². The van der Waals surface area contributed by atoms with Gasteiger partial charge in [0.15, 0.2) is 0 Å². The quantitative estimate of drug-likeness (QED) is 0.887. The Labute approximate surface area is 144 Å². The van der Waals surface area contributed by atoms with Crippen LogP contribution in [0.2, 0.25) is 0 Å². The third kappa shape index (κ3) is 4.93. The van der Waals surface area contributed by atoms with E-state index in [1.165, 1.54) is 5.56 Å². The van der Waals surface area contributed by atoms with Gasteiger partial charge in [0.2, 0.25) is 0 Å². The molecule has 0 fully saturated rings. The van der Waals surface area contributed by atoms with Gasteiger partial charge in [-0.1, -0.05) is 31.2 Å². The summed E-state index contributed by atoms with van der Waals surface area (Å²) < 4.78 is 1.81. The number of hydrogen-bond donors (Lipinski definition) is 1. The van der Waals surface area contributed by atoms with Crippen LogP contribution in [0.25, 0.3) is 0 Å². The van der Waals surface area contributed by atoms with E-state index in [1.807, 2.05) is 16.8 Å². The fourth-order valence-electron chi connectivity index (χ4n) is 2.35. The summed E-state index contributed by atoms with van der Waals surface area (Å²) in [5.41, 5.74) is 2.82. The highest BCUT2D eigenvalue weighted by molar-refractivity contribution is 5.93. The number of nitrogens with one attached hydrogen (secondary N) is 1. The molecule has 1 heterocycles. The Morgan fingerprint density at radius 2 is 2.00 bits per heavy atom. The summed E-state index contributed by atoms with van der Waals surface area (Å²) >= 11 is 0. The maximum atomic E-state index is 12.3. The van der Waals surface area contributed by atoms with Gasteiger partial charge in [0.25, 0.3) is 5.91 Å². The highest BCUT2D eigenvalue weighted by Gasteiger charge is 2.16. The largest absolute Gasteiger partial charge is 0.348 e. The van der Waals surface area contributed by atoms with Gasteiger partial charge in [0.1, 0.15) is 0 Å². The smallest absolute Gasteiger partial charge is 0.254 e. The minimum atomic E-state index is -0.127. The average Bonchev–Trinajstić information content (AvgIpc) is 3.03. The molecule has 0 bridgehead atoms. The second kappa shape index (κ2) is 7.62. The van der Waals surface area contributed by atoms with E-state index in [4.69, 9.17) is 0 Å². The number of carbonyl (C=O) groups excluding carboxylic acids is 1. The van der Waals surface area contributed by atoms with Crippen molar-refractivity contribution in [2.24, 2.45) is 0 Å². The minimum Gasteiger partial charge on any atom is -0.348 e. The molecule has 24 heavy (non-hydrogen) atoms. The molecule has 130 valence electrons. The van der Waals surface area contributed by atoms with Crippen molar-refractivity contribution in [2.75, 3.05) is 13.6 Å². The van der Waals surface area contributed by atoms with E-state index in [9.17, 15) is 4.79 Å². The zero-order chi connectivity index (χ0) is 17.7. The van der Waals surface area contributed by atoms with E-state index in [0.717, 1.165) is 18.7 Å². The van der Waals surface area contributed by atoms with Crippen LogP contribution in [0, 0.1) is 0 Å². The topological polar surface area (TPSA) is 50.2 Å². The number of aromatic nitrogens is 2. The number of nitrogens with zero attached hydrogens (tertiary/aromatic N) is 3. The van der Waals surface area contributed by atoms with Crippen molar-refractivity contribution in [1.29, 1.82) is 0 Å². The minimum absolute atomic E-state index is 0.0958. The lowest BCUT2D eigenvalue weighted by molar-refractivity contribution is 0.0950. The van der Waals surface area contributed by atoms with Gasteiger partial charge in [-0.2, -0.15) is 5.10 Å². The zero-order valence-corrected chi connectivity index (χ0v) is 15.3. The monoisotopic (exact) mass is 328 g/mol. The van der Waals surface area contributed by atoms with Crippen LogP contribution in [0.4, 0.5) is 0 Å². The summed E-state index contributed by atoms with van der Waals surface area (Å²) in [6, 6.07) is 8.34. The van der Waals surface area contributed by atoms with Gasteiger partial charge in [-0.3, -0.25) is 9.48 Å². The van der Waals surface area contributed by atoms with Crippen molar-refractivity contribution in [3.63, 3.8) is 0 Å². The average molecular weight is 328 g/mol. The lowest BCUT2D eigenvalue weighted by atomic mass is 10.1. The number of amides is 1. The van der Waals surface area contributed by atoms with Gasteiger partial charge in [0, 0.05) is 19.3 Å². The van der Waals surface area contributed by atoms with E-state index >= 15 is 0 Å². The maximum Gasteiger partial charge on any atom is 0.254 e. The molecule has 1 N–H and O–H groups in total. The van der Waals surface area contributed by atoms with E-state index in [2.05, 4.69) is 62.2 Å². The highest BCUT2D eigenvalue weighted by Crippen LogP contribution is 2.13. The molecule has 0 atom stereocenters. The molecule has 2 aromatic rings. The van der Waals surface area contributed by atoms with Crippen molar-refractivity contribution in [1.82, 2.24) is 20.0 Å². The Balaban J connectivity index is 1.96. The molecule has 0 aliphatic heterocycles. The lowest BCUT2D eigenvalue weighted by Gasteiger charge is -2.18. The van der Waals surface area contributed by atoms with Gasteiger partial charge in [-0.15, -0.1) is 0 Å². The molecular weight excluding hydrogens is 300 g/mol. The van der Waals surface area contributed by atoms with Crippen LogP contribution in [-0.4, -0.2) is 34.2 Å². The second-order valence-electron chi connectivity index (χ2n) is 7.18. The van der Waals surface area contributed by atoms with Crippen molar-refractivity contribution >= 4 is 5.91 Å². The van der Waals surface area contributed by atoms with Crippen LogP contribution < -0.4 is 5.32 Å². The van der Waals surface area contributed by atoms with Gasteiger partial charge >= 0.3 is 0 Å². The first-order valence-electron chi connectivity index (χ1n) is 8.39. The first kappa shape index (κ1) is 18.2. The summed E-state index contributed by atoms with van der Waals surface area (Å²) in [6.45, 7) is 10.8. The van der Waals surface area contributed by atoms with Crippen LogP contribution in [0.3, 0.4) is 0 Å². The molecule has 0 aliphatic rings. The van der Waals surface area contributed by atoms with E-state index in [0.29, 0.717) is 12.1 Å². The number of rotatable bonds is 6. The van der Waals surface area contributed by atoms with Crippen LogP contribution in [0.15, 0.2) is 36.7 Å². The fraction of sp³-hybridized carbons (Fsp3) is 0.474. The first-order chi connectivity index (χ1) is 11.3. The fourth-order valence-corrected chi connectivity index (χ4v) is 2.35. The maximum absolute atomic E-state index is 12.3. The van der Waals surface area contributed by atoms with E-state index in [-0.39, 0.29) is 11.4 Å². The number of hydrogen-bond acceptors (Lipinski definition) is 3. The summed E-state index contributed by atoms with van der Waals surface area (Å²) in [4.78, 5) is 14.5. The second-order valence-corrected chi connectivity index (χ2v) is 7.18. The SMILES string of the molecule is CCN(C)Cc1cccc(CNC(=O)c2cnn(C(C)(C)C)c2)c1. The van der Waals surface area contributed by atoms with Crippen LogP contribution in [0.1, 0.15) is 49.2 Å². The Morgan fingerprint density at radius 1 is 1.29 bits per heavy atom. The van der Waals surface area contributed by atoms with Crippen molar-refractivity contribution in [3.05, 3.63) is 53.3 Å². The normalized spacial score (nSPS) is 11.8. The van der Waals surface area contributed by atoms with Crippen LogP contribution in [0.5, 0.6) is 0 Å². The molecule has 5 nitrogen and oxygen atoms in total. The molecule has 0 spiro atoms. The van der Waals surface area contributed by atoms with Gasteiger partial charge in [-0.05, 0) is 45.5 Å². The van der Waals surface area contributed by atoms with Crippen LogP contribution in [-0.2, 0) is 18.6 Å². The van der Waals surface area contributed by atoms with Gasteiger partial charge in [0.05, 0.1) is 17.3 Å². The molecule has 0 saturated heterocycles. The molecule has 5 heteroatoms. The number of carbonyl (C=O) groups is 1. The molecule has 0 aliphatic carbocycles. The zero-order valence-electron chi connectivity index (χ0n) is 15.3. The van der Waals surface area contributed by atoms with E-state index < -0.39 is 0 Å². The first-order valence-corrected chi connectivity index (χ1v) is 8.39. The molecular formula is C19H28N4O. The Bertz CT molecular complexity index is 685. The predicted octanol–water partition coefficient (Wildman–Crippen LogP) is 3.02. The Hall–Kier alpha value is -2.14. The summed E-state index contributed by atoms with van der Waals surface area (Å²) in [5, 5.41) is 7.24. The van der Waals surface area contributed by atoms with Crippen molar-refractivity contribution in [2.45, 2.75) is 46.3 Å². The molecule has 0 unspecified atom stereocenters. The Kier molecular flexibility index (Phi) is 5.78. The van der Waals surface area contributed by atoms with Gasteiger partial charge in [-0.25, -0.2) is 0 Å². The third-order valence-corrected chi connectivity index (χ3v) is 3.97.